The highest BCUT2D eigenvalue weighted by Crippen LogP contribution is 2.22. The van der Waals surface area contributed by atoms with Crippen LogP contribution in [0.3, 0.4) is 0 Å². The van der Waals surface area contributed by atoms with Crippen LogP contribution in [0.5, 0.6) is 0 Å². The molecule has 0 saturated heterocycles. The summed E-state index contributed by atoms with van der Waals surface area (Å²) in [6.07, 6.45) is 6.76. The predicted octanol–water partition coefficient (Wildman–Crippen LogP) is 4.77. The van der Waals surface area contributed by atoms with Crippen LogP contribution in [-0.4, -0.2) is 20.5 Å². The van der Waals surface area contributed by atoms with E-state index in [9.17, 15) is 4.79 Å². The van der Waals surface area contributed by atoms with Gasteiger partial charge in [0.2, 0.25) is 0 Å². The van der Waals surface area contributed by atoms with Gasteiger partial charge in [-0.15, -0.1) is 0 Å². The van der Waals surface area contributed by atoms with Crippen LogP contribution in [-0.2, 0) is 6.42 Å². The minimum Gasteiger partial charge on any atom is -0.292 e. The smallest absolute Gasteiger partial charge is 0.187 e. The Morgan fingerprint density at radius 3 is 2.64 bits per heavy atom. The molecule has 0 fully saturated rings. The first-order valence-corrected chi connectivity index (χ1v) is 8.79. The van der Waals surface area contributed by atoms with Gasteiger partial charge in [0, 0.05) is 10.6 Å². The average molecular weight is 354 g/mol. The van der Waals surface area contributed by atoms with E-state index in [2.05, 4.69) is 34.3 Å². The Bertz CT molecular complexity index is 803. The van der Waals surface area contributed by atoms with E-state index in [1.807, 2.05) is 6.07 Å². The van der Waals surface area contributed by atoms with Gasteiger partial charge in [0.25, 0.3) is 0 Å². The highest BCUT2D eigenvalue weighted by Gasteiger charge is 2.22. The third-order valence-corrected chi connectivity index (χ3v) is 4.44. The van der Waals surface area contributed by atoms with Crippen molar-refractivity contribution in [2.75, 3.05) is 0 Å². The lowest BCUT2D eigenvalue weighted by atomic mass is 9.98. The Morgan fingerprint density at radius 1 is 1.08 bits per heavy atom. The van der Waals surface area contributed by atoms with Crippen LogP contribution in [0.2, 0.25) is 5.02 Å². The van der Waals surface area contributed by atoms with Gasteiger partial charge >= 0.3 is 0 Å². The van der Waals surface area contributed by atoms with Crippen molar-refractivity contribution in [1.82, 2.24) is 14.8 Å². The van der Waals surface area contributed by atoms with E-state index in [4.69, 9.17) is 11.6 Å². The van der Waals surface area contributed by atoms with Gasteiger partial charge < -0.3 is 0 Å². The Labute approximate surface area is 152 Å². The summed E-state index contributed by atoms with van der Waals surface area (Å²) in [5.41, 5.74) is 1.93. The SMILES string of the molecule is O=C(c1cccc(Cl)c1)C(CCCCc1ccccc1)n1cncn1. The normalized spacial score (nSPS) is 12.0. The van der Waals surface area contributed by atoms with E-state index in [1.54, 1.807) is 35.3 Å². The lowest BCUT2D eigenvalue weighted by molar-refractivity contribution is 0.0908. The molecule has 1 atom stereocenters. The van der Waals surface area contributed by atoms with E-state index >= 15 is 0 Å². The molecule has 0 amide bonds. The van der Waals surface area contributed by atoms with Crippen LogP contribution in [0.1, 0.15) is 41.2 Å². The molecule has 4 nitrogen and oxygen atoms in total. The van der Waals surface area contributed by atoms with E-state index < -0.39 is 0 Å². The van der Waals surface area contributed by atoms with E-state index in [-0.39, 0.29) is 11.8 Å². The number of halogens is 1. The molecule has 3 aromatic rings. The third kappa shape index (κ3) is 4.77. The van der Waals surface area contributed by atoms with Crippen molar-refractivity contribution < 1.29 is 4.79 Å². The van der Waals surface area contributed by atoms with Crippen molar-refractivity contribution in [1.29, 1.82) is 0 Å². The van der Waals surface area contributed by atoms with Crippen LogP contribution < -0.4 is 0 Å². The molecule has 3 rings (SSSR count). The van der Waals surface area contributed by atoms with Crippen LogP contribution in [0.4, 0.5) is 0 Å². The maximum atomic E-state index is 12.9. The fourth-order valence-electron chi connectivity index (χ4n) is 2.91. The first-order valence-electron chi connectivity index (χ1n) is 8.42. The zero-order valence-corrected chi connectivity index (χ0v) is 14.6. The third-order valence-electron chi connectivity index (χ3n) is 4.20. The molecule has 0 aliphatic heterocycles. The maximum Gasteiger partial charge on any atom is 0.187 e. The molecule has 0 radical (unpaired) electrons. The van der Waals surface area contributed by atoms with Crippen molar-refractivity contribution in [2.45, 2.75) is 31.7 Å². The highest BCUT2D eigenvalue weighted by atomic mass is 35.5. The molecule has 0 aliphatic rings. The quantitative estimate of drug-likeness (QED) is 0.433. The van der Waals surface area contributed by atoms with Crippen molar-refractivity contribution in [3.63, 3.8) is 0 Å². The number of carbonyl (C=O) groups excluding carboxylic acids is 1. The van der Waals surface area contributed by atoms with E-state index in [1.165, 1.54) is 11.9 Å². The maximum absolute atomic E-state index is 12.9. The molecule has 128 valence electrons. The fourth-order valence-corrected chi connectivity index (χ4v) is 3.10. The Kier molecular flexibility index (Phi) is 5.96. The number of Topliss-reactive ketones (excluding diaryl/α,β-unsaturated/α-hetero) is 1. The number of aryl methyl sites for hydroxylation is 1. The summed E-state index contributed by atoms with van der Waals surface area (Å²) in [6, 6.07) is 17.1. The zero-order chi connectivity index (χ0) is 17.5. The number of rotatable bonds is 8. The summed E-state index contributed by atoms with van der Waals surface area (Å²) >= 11 is 6.03. The van der Waals surface area contributed by atoms with Crippen LogP contribution in [0.25, 0.3) is 0 Å². The first-order chi connectivity index (χ1) is 12.2. The van der Waals surface area contributed by atoms with Gasteiger partial charge in [-0.05, 0) is 37.0 Å². The fraction of sp³-hybridized carbons (Fsp3) is 0.250. The van der Waals surface area contributed by atoms with Crippen molar-refractivity contribution in [3.05, 3.63) is 83.4 Å². The molecule has 1 aromatic heterocycles. The minimum atomic E-state index is -0.350. The summed E-state index contributed by atoms with van der Waals surface area (Å²) in [4.78, 5) is 16.9. The summed E-state index contributed by atoms with van der Waals surface area (Å²) in [6.45, 7) is 0. The summed E-state index contributed by atoms with van der Waals surface area (Å²) < 4.78 is 1.64. The molecule has 0 saturated carbocycles. The molecule has 1 unspecified atom stereocenters. The van der Waals surface area contributed by atoms with Gasteiger partial charge in [0.15, 0.2) is 5.78 Å². The molecular weight excluding hydrogens is 334 g/mol. The number of hydrogen-bond acceptors (Lipinski definition) is 3. The van der Waals surface area contributed by atoms with Gasteiger partial charge in [-0.1, -0.05) is 60.5 Å². The summed E-state index contributed by atoms with van der Waals surface area (Å²) in [7, 11) is 0. The number of carbonyl (C=O) groups is 1. The van der Waals surface area contributed by atoms with Gasteiger partial charge in [-0.2, -0.15) is 5.10 Å². The Hall–Kier alpha value is -2.46. The van der Waals surface area contributed by atoms with Crippen LogP contribution in [0.15, 0.2) is 67.3 Å². The lowest BCUT2D eigenvalue weighted by Gasteiger charge is -2.16. The first kappa shape index (κ1) is 17.4. The molecule has 2 aromatic carbocycles. The molecule has 5 heteroatoms. The topological polar surface area (TPSA) is 47.8 Å². The number of nitrogens with zero attached hydrogens (tertiary/aromatic N) is 3. The minimum absolute atomic E-state index is 0.0210. The molecule has 0 aliphatic carbocycles. The second-order valence-electron chi connectivity index (χ2n) is 6.00. The number of hydrogen-bond donors (Lipinski definition) is 0. The van der Waals surface area contributed by atoms with Gasteiger partial charge in [0.05, 0.1) is 0 Å². The number of aromatic nitrogens is 3. The monoisotopic (exact) mass is 353 g/mol. The van der Waals surface area contributed by atoms with Gasteiger partial charge in [-0.3, -0.25) is 4.79 Å². The van der Waals surface area contributed by atoms with Crippen LogP contribution in [0, 0.1) is 0 Å². The van der Waals surface area contributed by atoms with E-state index in [0.717, 1.165) is 25.7 Å². The molecule has 0 N–H and O–H groups in total. The standard InChI is InChI=1S/C20H20ClN3O/c21-18-11-6-10-17(13-18)20(25)19(24-15-22-14-23-24)12-5-4-9-16-7-2-1-3-8-16/h1-3,6-8,10-11,13-15,19H,4-5,9,12H2. The van der Waals surface area contributed by atoms with Crippen molar-refractivity contribution in [2.24, 2.45) is 0 Å². The molecule has 0 bridgehead atoms. The zero-order valence-electron chi connectivity index (χ0n) is 13.9. The predicted molar refractivity (Wildman–Crippen MR) is 98.8 cm³/mol. The second kappa shape index (κ2) is 8.58. The number of benzene rings is 2. The lowest BCUT2D eigenvalue weighted by Crippen LogP contribution is -2.20. The second-order valence-corrected chi connectivity index (χ2v) is 6.43. The summed E-state index contributed by atoms with van der Waals surface area (Å²) in [5, 5.41) is 4.74. The Balaban J connectivity index is 1.65. The number of ketones is 1. The van der Waals surface area contributed by atoms with Crippen molar-refractivity contribution >= 4 is 17.4 Å². The largest absolute Gasteiger partial charge is 0.292 e. The molecule has 25 heavy (non-hydrogen) atoms. The molecule has 1 heterocycles. The highest BCUT2D eigenvalue weighted by molar-refractivity contribution is 6.31. The van der Waals surface area contributed by atoms with E-state index in [0.29, 0.717) is 10.6 Å². The summed E-state index contributed by atoms with van der Waals surface area (Å²) in [5.74, 6) is 0.0210. The molecule has 0 spiro atoms. The van der Waals surface area contributed by atoms with Crippen molar-refractivity contribution in [3.8, 4) is 0 Å². The van der Waals surface area contributed by atoms with Gasteiger partial charge in [-0.25, -0.2) is 9.67 Å². The Morgan fingerprint density at radius 2 is 1.92 bits per heavy atom. The van der Waals surface area contributed by atoms with Gasteiger partial charge in [0.1, 0.15) is 18.7 Å². The average Bonchev–Trinajstić information content (AvgIpc) is 3.16. The molecular formula is C20H20ClN3O. The van der Waals surface area contributed by atoms with Crippen LogP contribution >= 0.6 is 11.6 Å². The number of unbranched alkanes of at least 4 members (excludes halogenated alkanes) is 1.